The summed E-state index contributed by atoms with van der Waals surface area (Å²) in [6, 6.07) is 9.44. The van der Waals surface area contributed by atoms with Crippen molar-refractivity contribution in [1.29, 1.82) is 0 Å². The molecule has 0 bridgehead atoms. The fourth-order valence-corrected chi connectivity index (χ4v) is 4.97. The van der Waals surface area contributed by atoms with Gasteiger partial charge in [-0.3, -0.25) is 0 Å². The third-order valence-electron chi connectivity index (χ3n) is 2.97. The maximum absolute atomic E-state index is 5.20. The van der Waals surface area contributed by atoms with Gasteiger partial charge in [-0.1, -0.05) is 0 Å². The molecule has 1 N–H and O–H groups in total. The Balaban J connectivity index is 1.98. The Kier molecular flexibility index (Phi) is 5.39. The summed E-state index contributed by atoms with van der Waals surface area (Å²) in [5.41, 5.74) is 4.61. The average molecular weight is 316 g/mol. The Labute approximate surface area is 114 Å². The normalized spacial score (nSPS) is 21.6. The minimum atomic E-state index is 0.548. The quantitative estimate of drug-likeness (QED) is 0.841. The predicted octanol–water partition coefficient (Wildman–Crippen LogP) is 2.15. The van der Waals surface area contributed by atoms with E-state index in [-0.39, 0.29) is 0 Å². The predicted molar refractivity (Wildman–Crippen MR) is 76.1 cm³/mol. The van der Waals surface area contributed by atoms with Gasteiger partial charge in [0.15, 0.2) is 0 Å². The van der Waals surface area contributed by atoms with Crippen LogP contribution in [-0.4, -0.2) is 33.9 Å². The second-order valence-electron chi connectivity index (χ2n) is 4.18. The third-order valence-corrected chi connectivity index (χ3v) is 6.56. The molecule has 2 nitrogen and oxygen atoms in total. The molecule has 17 heavy (non-hydrogen) atoms. The van der Waals surface area contributed by atoms with Crippen LogP contribution in [0.1, 0.15) is 24.2 Å². The molecule has 2 rings (SSSR count). The van der Waals surface area contributed by atoms with Gasteiger partial charge in [-0.05, 0) is 0 Å². The van der Waals surface area contributed by atoms with E-state index in [4.69, 9.17) is 4.84 Å². The van der Waals surface area contributed by atoms with E-state index < -0.39 is 0 Å². The van der Waals surface area contributed by atoms with Crippen molar-refractivity contribution in [2.45, 2.75) is 30.0 Å². The molecule has 1 heterocycles. The molecule has 1 unspecified atom stereocenters. The van der Waals surface area contributed by atoms with E-state index in [0.29, 0.717) is 26.2 Å². The standard InChI is InChI=1S/C13H19NOSSe/c1-10(16-2)12-5-3-4-6-13(12)17-9-11-7-8-15-14-11/h3-6,10-11,14H,7-9H2,1-2H3/t10-,11?/m0/s1. The van der Waals surface area contributed by atoms with Crippen molar-refractivity contribution in [1.82, 2.24) is 5.48 Å². The summed E-state index contributed by atoms with van der Waals surface area (Å²) in [6.07, 6.45) is 3.34. The van der Waals surface area contributed by atoms with Gasteiger partial charge in [0.2, 0.25) is 0 Å². The average Bonchev–Trinajstić information content (AvgIpc) is 2.89. The molecule has 1 saturated heterocycles. The molecule has 2 atom stereocenters. The van der Waals surface area contributed by atoms with Crippen LogP contribution in [0, 0.1) is 0 Å². The van der Waals surface area contributed by atoms with E-state index in [2.05, 4.69) is 42.9 Å². The van der Waals surface area contributed by atoms with Crippen LogP contribution in [0.5, 0.6) is 0 Å². The second kappa shape index (κ2) is 6.81. The summed E-state index contributed by atoms with van der Waals surface area (Å²) in [6.45, 7) is 3.15. The summed E-state index contributed by atoms with van der Waals surface area (Å²) in [7, 11) is 0. The maximum atomic E-state index is 5.20. The number of hydroxylamine groups is 1. The van der Waals surface area contributed by atoms with E-state index >= 15 is 0 Å². The van der Waals surface area contributed by atoms with Crippen LogP contribution < -0.4 is 9.94 Å². The van der Waals surface area contributed by atoms with Gasteiger partial charge in [-0.15, -0.1) is 0 Å². The van der Waals surface area contributed by atoms with Crippen LogP contribution in [0.15, 0.2) is 24.3 Å². The Morgan fingerprint density at radius 3 is 3.06 bits per heavy atom. The first-order chi connectivity index (χ1) is 8.31. The number of nitrogens with one attached hydrogen (secondary N) is 1. The number of thioether (sulfide) groups is 1. The molecule has 1 aliphatic rings. The van der Waals surface area contributed by atoms with Crippen molar-refractivity contribution >= 4 is 31.2 Å². The Bertz CT molecular complexity index is 355. The van der Waals surface area contributed by atoms with Crippen molar-refractivity contribution in [2.24, 2.45) is 0 Å². The van der Waals surface area contributed by atoms with Gasteiger partial charge >= 0.3 is 114 Å². The molecule has 0 radical (unpaired) electrons. The Hall–Kier alpha value is 0.00948. The van der Waals surface area contributed by atoms with Crippen LogP contribution >= 0.6 is 11.8 Å². The summed E-state index contributed by atoms with van der Waals surface area (Å²) >= 11 is 2.47. The van der Waals surface area contributed by atoms with Crippen molar-refractivity contribution < 1.29 is 4.84 Å². The molecule has 0 spiro atoms. The first kappa shape index (κ1) is 13.4. The molecule has 1 aliphatic heterocycles. The minimum absolute atomic E-state index is 0.548. The van der Waals surface area contributed by atoms with Gasteiger partial charge in [-0.2, -0.15) is 0 Å². The van der Waals surface area contributed by atoms with Crippen LogP contribution in [0.25, 0.3) is 0 Å². The second-order valence-corrected chi connectivity index (χ2v) is 7.58. The zero-order valence-electron chi connectivity index (χ0n) is 10.3. The first-order valence-corrected chi connectivity index (χ1v) is 9.28. The van der Waals surface area contributed by atoms with E-state index in [1.165, 1.54) is 10.9 Å². The molecule has 4 heteroatoms. The molecule has 1 aromatic rings. The molecule has 0 saturated carbocycles. The number of hydrogen-bond donors (Lipinski definition) is 1. The molecule has 1 fully saturated rings. The summed E-state index contributed by atoms with van der Waals surface area (Å²) in [4.78, 5) is 5.20. The number of rotatable bonds is 5. The Morgan fingerprint density at radius 2 is 2.35 bits per heavy atom. The van der Waals surface area contributed by atoms with Gasteiger partial charge in [0.05, 0.1) is 0 Å². The van der Waals surface area contributed by atoms with Crippen LogP contribution in [-0.2, 0) is 4.84 Å². The first-order valence-electron chi connectivity index (χ1n) is 5.93. The number of benzene rings is 1. The fraction of sp³-hybridized carbons (Fsp3) is 0.538. The molecule has 94 valence electrons. The van der Waals surface area contributed by atoms with Gasteiger partial charge in [-0.25, -0.2) is 0 Å². The molecular formula is C13H19NOSSe. The van der Waals surface area contributed by atoms with Crippen LogP contribution in [0.2, 0.25) is 5.32 Å². The van der Waals surface area contributed by atoms with Crippen molar-refractivity contribution in [2.75, 3.05) is 12.9 Å². The van der Waals surface area contributed by atoms with Crippen LogP contribution in [0.4, 0.5) is 0 Å². The van der Waals surface area contributed by atoms with Crippen molar-refractivity contribution in [3.05, 3.63) is 29.8 Å². The molecule has 1 aromatic carbocycles. The molecule has 0 aliphatic carbocycles. The van der Waals surface area contributed by atoms with E-state index in [1.807, 2.05) is 11.8 Å². The molecule has 0 aromatic heterocycles. The third kappa shape index (κ3) is 3.73. The molecule has 0 amide bonds. The van der Waals surface area contributed by atoms with Gasteiger partial charge < -0.3 is 0 Å². The van der Waals surface area contributed by atoms with Gasteiger partial charge in [0.1, 0.15) is 0 Å². The monoisotopic (exact) mass is 317 g/mol. The molecular weight excluding hydrogens is 297 g/mol. The van der Waals surface area contributed by atoms with Crippen molar-refractivity contribution in [3.63, 3.8) is 0 Å². The summed E-state index contributed by atoms with van der Waals surface area (Å²) < 4.78 is 1.55. The SMILES string of the molecule is CS[C@@H](C)c1ccccc1[Se]CC1CCON1. The Morgan fingerprint density at radius 1 is 1.53 bits per heavy atom. The number of hydrogen-bond acceptors (Lipinski definition) is 3. The van der Waals surface area contributed by atoms with E-state index in [0.717, 1.165) is 13.0 Å². The zero-order valence-corrected chi connectivity index (χ0v) is 12.8. The van der Waals surface area contributed by atoms with Gasteiger partial charge in [0.25, 0.3) is 0 Å². The van der Waals surface area contributed by atoms with Gasteiger partial charge in [0, 0.05) is 0 Å². The zero-order chi connectivity index (χ0) is 12.1. The summed E-state index contributed by atoms with van der Waals surface area (Å²) in [5, 5.41) is 1.83. The topological polar surface area (TPSA) is 21.3 Å². The van der Waals surface area contributed by atoms with E-state index in [9.17, 15) is 0 Å². The van der Waals surface area contributed by atoms with E-state index in [1.54, 1.807) is 4.46 Å². The van der Waals surface area contributed by atoms with Crippen LogP contribution in [0.3, 0.4) is 0 Å². The summed E-state index contributed by atoms with van der Waals surface area (Å²) in [5.74, 6) is 0. The fourth-order valence-electron chi connectivity index (χ4n) is 1.82. The van der Waals surface area contributed by atoms with Crippen molar-refractivity contribution in [3.8, 4) is 0 Å².